The molecule has 0 aromatic heterocycles. The molecule has 0 nitrogen and oxygen atoms in total. The normalized spacial score (nSPS) is 14.3. The predicted molar refractivity (Wildman–Crippen MR) is 398 cm³/mol. The van der Waals surface area contributed by atoms with Gasteiger partial charge in [0, 0.05) is 10.4 Å². The summed E-state index contributed by atoms with van der Waals surface area (Å²) in [5.41, 5.74) is 10.7. The quantitative estimate of drug-likeness (QED) is 0.0295. The molecule has 0 bridgehead atoms. The minimum absolute atomic E-state index is 1.18. The first-order valence-corrected chi connectivity index (χ1v) is 38.8. The Morgan fingerprint density at radius 1 is 0.286 bits per heavy atom. The average Bonchev–Trinajstić information content (AvgIpc) is 0.724. The molecule has 2 heterocycles. The van der Waals surface area contributed by atoms with Gasteiger partial charge in [0.1, 0.15) is 0 Å². The van der Waals surface area contributed by atoms with Gasteiger partial charge >= 0.3 is 0 Å². The molecule has 84 heavy (non-hydrogen) atoms. The number of hydrogen-bond acceptors (Lipinski definition) is 8. The van der Waals surface area contributed by atoms with E-state index < -0.39 is 0 Å². The van der Waals surface area contributed by atoms with E-state index in [0.717, 1.165) is 0 Å². The first-order chi connectivity index (χ1) is 41.2. The maximum atomic E-state index is 2.72. The lowest BCUT2D eigenvalue weighted by molar-refractivity contribution is 0.707. The first-order valence-electron chi connectivity index (χ1n) is 31.6. The van der Waals surface area contributed by atoms with Gasteiger partial charge in [-0.2, -0.15) is 0 Å². The van der Waals surface area contributed by atoms with Crippen molar-refractivity contribution in [2.45, 2.75) is 158 Å². The van der Waals surface area contributed by atoms with Crippen LogP contribution < -0.4 is 10.4 Å². The van der Waals surface area contributed by atoms with Crippen LogP contribution in [0, 0.1) is 27.7 Å². The van der Waals surface area contributed by atoms with Crippen molar-refractivity contribution in [3.8, 4) is 22.3 Å². The molecule has 2 aliphatic heterocycles. The van der Waals surface area contributed by atoms with Crippen LogP contribution in [0.5, 0.6) is 0 Å². The summed E-state index contributed by atoms with van der Waals surface area (Å²) in [5, 5.41) is 22.2. The Bertz CT molecular complexity index is 3890. The van der Waals surface area contributed by atoms with E-state index >= 15 is 0 Å². The maximum Gasteiger partial charge on any atom is 0.0660 e. The summed E-state index contributed by atoms with van der Waals surface area (Å²) < 4.78 is 9.00. The molecule has 434 valence electrons. The fourth-order valence-electron chi connectivity index (χ4n) is 13.4. The Kier molecular flexibility index (Phi) is 20.2. The molecule has 0 N–H and O–H groups in total. The summed E-state index contributed by atoms with van der Waals surface area (Å²) in [7, 11) is 0. The van der Waals surface area contributed by atoms with Crippen LogP contribution in [0.2, 0.25) is 0 Å². The molecule has 0 unspecified atom stereocenters. The number of aryl methyl sites for hydroxylation is 4. The molecule has 0 aliphatic carbocycles. The Labute approximate surface area is 535 Å². The molecule has 0 radical (unpaired) electrons. The van der Waals surface area contributed by atoms with Crippen LogP contribution in [0.1, 0.15) is 153 Å². The van der Waals surface area contributed by atoms with E-state index in [0.29, 0.717) is 0 Å². The summed E-state index contributed by atoms with van der Waals surface area (Å²) in [5.74, 6) is 4.73. The molecular formula is C76H82S8. The Balaban J connectivity index is 1.21. The van der Waals surface area contributed by atoms with Gasteiger partial charge in [0.05, 0.1) is 25.4 Å². The van der Waals surface area contributed by atoms with Gasteiger partial charge in [-0.1, -0.05) is 237 Å². The van der Waals surface area contributed by atoms with Crippen molar-refractivity contribution in [1.82, 2.24) is 0 Å². The third-order valence-corrected chi connectivity index (χ3v) is 28.9. The summed E-state index contributed by atoms with van der Waals surface area (Å²) >= 11 is 16.9. The summed E-state index contributed by atoms with van der Waals surface area (Å²) in [4.78, 5) is 0. The monoisotopic (exact) mass is 1250 g/mol. The van der Waals surface area contributed by atoms with Gasteiger partial charge in [-0.3, -0.25) is 0 Å². The fourth-order valence-corrected chi connectivity index (χ4v) is 25.6. The van der Waals surface area contributed by atoms with Crippen LogP contribution in [-0.2, 0) is 0 Å². The van der Waals surface area contributed by atoms with Gasteiger partial charge in [-0.05, 0) is 221 Å². The zero-order valence-corrected chi connectivity index (χ0v) is 57.3. The van der Waals surface area contributed by atoms with Gasteiger partial charge in [0.15, 0.2) is 0 Å². The molecule has 0 amide bonds. The highest BCUT2D eigenvalue weighted by Crippen LogP contribution is 2.61. The van der Waals surface area contributed by atoms with Crippen LogP contribution in [0.3, 0.4) is 0 Å². The number of hydrogen-bond donors (Lipinski definition) is 0. The van der Waals surface area contributed by atoms with Crippen LogP contribution in [0.15, 0.2) is 126 Å². The van der Waals surface area contributed by atoms with E-state index in [2.05, 4.69) is 259 Å². The average molecular weight is 1250 g/mol. The van der Waals surface area contributed by atoms with Crippen molar-refractivity contribution in [3.63, 3.8) is 0 Å². The molecule has 0 atom stereocenters. The number of thioether (sulfide) groups is 8. The van der Waals surface area contributed by atoms with E-state index in [9.17, 15) is 0 Å². The van der Waals surface area contributed by atoms with Gasteiger partial charge in [0.25, 0.3) is 0 Å². The van der Waals surface area contributed by atoms with Gasteiger partial charge < -0.3 is 0 Å². The zero-order chi connectivity index (χ0) is 57.8. The SMILES string of the molecule is CCCCCCSC1=C(SCCCCCC)SC(=c2c3ccccc3c3cc(-c4c(C)cccc4C)c4cc5c(=C6SC(SCCCCCC)=C(SCCCCCC)S6)c6ccccc6c6cc(-c7c(C)cccc7C)c7cc2c3c4c7c56)S1. The van der Waals surface area contributed by atoms with E-state index in [-0.39, 0.29) is 0 Å². The second kappa shape index (κ2) is 27.9. The standard InChI is InChI=1S/C76H82S8/c1-9-13-17-25-39-77-73-74(78-40-26-18-14-10-2)82-71(81-73)67-53-37-23-21-35-51(53)55-43-58(64-49(7)33-30-34-50(64)8)60-46-62-66-56(44-57(63-47(5)31-29-32-48(63)6)59-45-61(67)65(55)69(60)70(59)66)52-36-22-24-38-54(52)68(62)72-83-75(79-41-27-19-15-11-3)76(84-72)80-42-28-20-16-12-4/h21-24,29-38,43-46H,9-20,25-28,39-42H2,1-8H3. The maximum absolute atomic E-state index is 2.72. The first kappa shape index (κ1) is 60.8. The van der Waals surface area contributed by atoms with Crippen molar-refractivity contribution >= 4 is 178 Å². The van der Waals surface area contributed by atoms with Crippen molar-refractivity contribution in [3.05, 3.63) is 159 Å². The predicted octanol–water partition coefficient (Wildman–Crippen LogP) is 25.8. The molecular weight excluding hydrogens is 1170 g/mol. The van der Waals surface area contributed by atoms with Crippen LogP contribution in [0.25, 0.3) is 106 Å². The molecule has 2 aliphatic rings. The van der Waals surface area contributed by atoms with E-state index in [1.807, 2.05) is 0 Å². The minimum Gasteiger partial charge on any atom is -0.117 e. The van der Waals surface area contributed by atoms with Gasteiger partial charge in [-0.25, -0.2) is 0 Å². The molecule has 12 rings (SSSR count). The smallest absolute Gasteiger partial charge is 0.0660 e. The highest BCUT2D eigenvalue weighted by molar-refractivity contribution is 8.46. The topological polar surface area (TPSA) is 0 Å². The number of rotatable bonds is 26. The second-order valence-corrected chi connectivity index (χ2v) is 33.6. The third kappa shape index (κ3) is 12.0. The molecule has 10 aromatic carbocycles. The lowest BCUT2D eigenvalue weighted by Gasteiger charge is -2.25. The van der Waals surface area contributed by atoms with Crippen molar-refractivity contribution in [1.29, 1.82) is 0 Å². The lowest BCUT2D eigenvalue weighted by atomic mass is 9.78. The van der Waals surface area contributed by atoms with Crippen molar-refractivity contribution < 1.29 is 0 Å². The number of unbranched alkanes of at least 4 members (excludes halogenated alkanes) is 12. The molecule has 0 saturated heterocycles. The second-order valence-electron chi connectivity index (χ2n) is 23.5. The molecule has 10 aromatic rings. The van der Waals surface area contributed by atoms with E-state index in [1.54, 1.807) is 0 Å². The third-order valence-electron chi connectivity index (χ3n) is 17.5. The minimum atomic E-state index is 1.18. The molecule has 0 spiro atoms. The van der Waals surface area contributed by atoms with Crippen LogP contribution in [0.4, 0.5) is 0 Å². The molecule has 8 heteroatoms. The Morgan fingerprint density at radius 2 is 0.595 bits per heavy atom. The number of benzene rings is 10. The summed E-state index contributed by atoms with van der Waals surface area (Å²) in [6.07, 6.45) is 20.7. The van der Waals surface area contributed by atoms with Gasteiger partial charge in [-0.15, -0.1) is 47.0 Å². The summed E-state index contributed by atoms with van der Waals surface area (Å²) in [6, 6.07) is 43.6. The Hall–Kier alpha value is -3.44. The van der Waals surface area contributed by atoms with E-state index in [1.165, 1.54) is 282 Å². The molecule has 0 saturated carbocycles. The lowest BCUT2D eigenvalue weighted by Crippen LogP contribution is -2.11. The van der Waals surface area contributed by atoms with Gasteiger partial charge in [0.2, 0.25) is 0 Å². The van der Waals surface area contributed by atoms with Crippen LogP contribution >= 0.6 is 94.1 Å². The van der Waals surface area contributed by atoms with Crippen molar-refractivity contribution in [2.75, 3.05) is 23.0 Å². The fraction of sp³-hybridized carbons (Fsp3) is 0.368. The molecule has 0 fully saturated rings. The number of fused-ring (bicyclic) bond motifs is 4. The zero-order valence-electron chi connectivity index (χ0n) is 50.8. The van der Waals surface area contributed by atoms with Crippen LogP contribution in [-0.4, -0.2) is 23.0 Å². The van der Waals surface area contributed by atoms with E-state index in [4.69, 9.17) is 0 Å². The largest absolute Gasteiger partial charge is 0.117 e. The van der Waals surface area contributed by atoms with Crippen molar-refractivity contribution in [2.24, 2.45) is 0 Å². The highest BCUT2D eigenvalue weighted by Gasteiger charge is 2.31. The highest BCUT2D eigenvalue weighted by atomic mass is 32.3. The Morgan fingerprint density at radius 3 is 0.905 bits per heavy atom. The summed E-state index contributed by atoms with van der Waals surface area (Å²) in [6.45, 7) is 18.7.